The number of ether oxygens (including phenoxy) is 3. The quantitative estimate of drug-likeness (QED) is 0.460. The summed E-state index contributed by atoms with van der Waals surface area (Å²) in [6.07, 6.45) is 7.34. The second-order valence-corrected chi connectivity index (χ2v) is 11.9. The number of hydrogen-bond acceptors (Lipinski definition) is 7. The third-order valence-electron chi connectivity index (χ3n) is 6.99. The number of amides is 1. The Labute approximate surface area is 221 Å². The van der Waals surface area contributed by atoms with E-state index < -0.39 is 16.3 Å². The topological polar surface area (TPSA) is 106 Å². The number of nitrogens with zero attached hydrogens (tertiary/aromatic N) is 2. The van der Waals surface area contributed by atoms with E-state index in [9.17, 15) is 18.3 Å². The van der Waals surface area contributed by atoms with Crippen molar-refractivity contribution in [3.8, 4) is 5.75 Å². The van der Waals surface area contributed by atoms with E-state index in [1.807, 2.05) is 11.0 Å². The van der Waals surface area contributed by atoms with Gasteiger partial charge in [0.05, 0.1) is 25.2 Å². The van der Waals surface area contributed by atoms with Gasteiger partial charge in [0.25, 0.3) is 5.91 Å². The van der Waals surface area contributed by atoms with Crippen LogP contribution in [0.5, 0.6) is 5.75 Å². The van der Waals surface area contributed by atoms with Crippen LogP contribution in [0.25, 0.3) is 0 Å². The fraction of sp³-hybridized carbons (Fsp3) is 0.667. The summed E-state index contributed by atoms with van der Waals surface area (Å²) in [5.74, 6) is 1.20. The third kappa shape index (κ3) is 8.17. The van der Waals surface area contributed by atoms with E-state index in [1.165, 1.54) is 30.0 Å². The van der Waals surface area contributed by atoms with Gasteiger partial charge in [-0.05, 0) is 55.0 Å². The second-order valence-electron chi connectivity index (χ2n) is 9.96. The number of aliphatic hydroxyl groups excluding tert-OH is 1. The minimum absolute atomic E-state index is 0.0419. The molecule has 2 heterocycles. The van der Waals surface area contributed by atoms with Crippen molar-refractivity contribution in [2.24, 2.45) is 11.8 Å². The predicted octanol–water partition coefficient (Wildman–Crippen LogP) is 3.39. The normalized spacial score (nSPS) is 21.2. The van der Waals surface area contributed by atoms with Crippen molar-refractivity contribution in [2.45, 2.75) is 63.6 Å². The molecule has 1 aromatic rings. The van der Waals surface area contributed by atoms with Crippen molar-refractivity contribution >= 4 is 15.9 Å². The zero-order valence-corrected chi connectivity index (χ0v) is 23.1. The molecule has 208 valence electrons. The lowest BCUT2D eigenvalue weighted by Crippen LogP contribution is -2.40. The number of hydrogen-bond donors (Lipinski definition) is 1. The Balaban J connectivity index is 1.64. The van der Waals surface area contributed by atoms with Crippen LogP contribution in [0, 0.1) is 11.8 Å². The molecule has 1 N–H and O–H groups in total. The number of carbonyl (C=O) groups is 1. The summed E-state index contributed by atoms with van der Waals surface area (Å²) in [5.41, 5.74) is 0. The highest BCUT2D eigenvalue weighted by molar-refractivity contribution is 7.89. The summed E-state index contributed by atoms with van der Waals surface area (Å²) in [6.45, 7) is 5.40. The van der Waals surface area contributed by atoms with Crippen LogP contribution in [0.1, 0.15) is 52.4 Å². The van der Waals surface area contributed by atoms with Crippen LogP contribution in [-0.2, 0) is 24.3 Å². The van der Waals surface area contributed by atoms with Gasteiger partial charge in [0.2, 0.25) is 16.3 Å². The first kappa shape index (κ1) is 29.4. The van der Waals surface area contributed by atoms with Gasteiger partial charge in [0.1, 0.15) is 5.75 Å². The molecule has 1 fully saturated rings. The first-order chi connectivity index (χ1) is 17.8. The van der Waals surface area contributed by atoms with Gasteiger partial charge in [-0.15, -0.1) is 0 Å². The Kier molecular flexibility index (Phi) is 11.2. The SMILES string of the molecule is COc1ccc(S(=O)(=O)N(CCO)CCO[C@H]2C[C@@H](C(C)C)C=C(C(=O)N3CCCCCCC3)O2)cc1. The summed E-state index contributed by atoms with van der Waals surface area (Å²) in [4.78, 5) is 15.3. The highest BCUT2D eigenvalue weighted by Gasteiger charge is 2.32. The van der Waals surface area contributed by atoms with Crippen molar-refractivity contribution in [2.75, 3.05) is 46.5 Å². The molecule has 10 heteroatoms. The van der Waals surface area contributed by atoms with E-state index >= 15 is 0 Å². The summed E-state index contributed by atoms with van der Waals surface area (Å²) in [5, 5.41) is 9.49. The molecular weight excluding hydrogens is 496 g/mol. The minimum Gasteiger partial charge on any atom is -0.497 e. The standard InChI is InChI=1S/C27H42N2O7S/c1-21(2)22-19-25(27(31)28-13-7-5-4-6-8-14-28)36-26(20-22)35-18-16-29(15-17-30)37(32,33)24-11-9-23(34-3)10-12-24/h9-12,19,21-22,26,30H,4-8,13-18,20H2,1-3H3/t22-,26+/m0/s1. The fourth-order valence-corrected chi connectivity index (χ4v) is 6.07. The highest BCUT2D eigenvalue weighted by Crippen LogP contribution is 2.30. The molecule has 2 aliphatic rings. The van der Waals surface area contributed by atoms with Gasteiger partial charge >= 0.3 is 0 Å². The Bertz CT molecular complexity index is 987. The van der Waals surface area contributed by atoms with E-state index in [4.69, 9.17) is 14.2 Å². The maximum atomic E-state index is 13.3. The van der Waals surface area contributed by atoms with Gasteiger partial charge < -0.3 is 24.2 Å². The van der Waals surface area contributed by atoms with E-state index in [1.54, 1.807) is 12.1 Å². The number of sulfonamides is 1. The molecule has 0 bridgehead atoms. The number of likely N-dealkylation sites (tertiary alicyclic amines) is 1. The Morgan fingerprint density at radius 1 is 1.11 bits per heavy atom. The van der Waals surface area contributed by atoms with Crippen molar-refractivity contribution in [3.05, 3.63) is 36.1 Å². The molecule has 1 amide bonds. The maximum Gasteiger partial charge on any atom is 0.288 e. The number of methoxy groups -OCH3 is 1. The molecule has 3 rings (SSSR count). The lowest BCUT2D eigenvalue weighted by molar-refractivity contribution is -0.156. The summed E-state index contributed by atoms with van der Waals surface area (Å²) >= 11 is 0. The Morgan fingerprint density at radius 2 is 1.76 bits per heavy atom. The van der Waals surface area contributed by atoms with Gasteiger partial charge in [0.15, 0.2) is 5.76 Å². The number of carbonyl (C=O) groups excluding carboxylic acids is 1. The van der Waals surface area contributed by atoms with Crippen molar-refractivity contribution in [1.29, 1.82) is 0 Å². The van der Waals surface area contributed by atoms with Crippen LogP contribution in [0.15, 0.2) is 41.0 Å². The molecule has 0 aromatic heterocycles. The van der Waals surface area contributed by atoms with Crippen LogP contribution in [0.2, 0.25) is 0 Å². The number of aliphatic hydroxyl groups is 1. The summed E-state index contributed by atoms with van der Waals surface area (Å²) in [6, 6.07) is 6.12. The van der Waals surface area contributed by atoms with E-state index in [2.05, 4.69) is 13.8 Å². The molecule has 1 aromatic carbocycles. The molecule has 0 spiro atoms. The molecule has 0 radical (unpaired) electrons. The highest BCUT2D eigenvalue weighted by atomic mass is 32.2. The number of benzene rings is 1. The van der Waals surface area contributed by atoms with Gasteiger partial charge in [-0.3, -0.25) is 4.79 Å². The summed E-state index contributed by atoms with van der Waals surface area (Å²) in [7, 11) is -2.32. The van der Waals surface area contributed by atoms with Crippen LogP contribution >= 0.6 is 0 Å². The summed E-state index contributed by atoms with van der Waals surface area (Å²) < 4.78 is 44.6. The molecule has 0 unspecified atom stereocenters. The first-order valence-corrected chi connectivity index (χ1v) is 14.7. The molecule has 2 aliphatic heterocycles. The molecule has 9 nitrogen and oxygen atoms in total. The molecule has 1 saturated heterocycles. The Hall–Kier alpha value is -2.14. The van der Waals surface area contributed by atoms with Crippen LogP contribution in [0.4, 0.5) is 0 Å². The third-order valence-corrected chi connectivity index (χ3v) is 8.90. The molecular formula is C27H42N2O7S. The Morgan fingerprint density at radius 3 is 2.35 bits per heavy atom. The van der Waals surface area contributed by atoms with Crippen LogP contribution in [0.3, 0.4) is 0 Å². The van der Waals surface area contributed by atoms with Gasteiger partial charge in [0, 0.05) is 32.6 Å². The first-order valence-electron chi connectivity index (χ1n) is 13.3. The zero-order chi connectivity index (χ0) is 26.8. The zero-order valence-electron chi connectivity index (χ0n) is 22.3. The second kappa shape index (κ2) is 14.1. The smallest absolute Gasteiger partial charge is 0.288 e. The van der Waals surface area contributed by atoms with Crippen molar-refractivity contribution < 1.29 is 32.5 Å². The maximum absolute atomic E-state index is 13.3. The van der Waals surface area contributed by atoms with Crippen molar-refractivity contribution in [3.63, 3.8) is 0 Å². The van der Waals surface area contributed by atoms with E-state index in [-0.39, 0.29) is 43.0 Å². The predicted molar refractivity (Wildman–Crippen MR) is 140 cm³/mol. The van der Waals surface area contributed by atoms with Crippen molar-refractivity contribution in [1.82, 2.24) is 9.21 Å². The minimum atomic E-state index is -3.84. The fourth-order valence-electron chi connectivity index (χ4n) is 4.65. The van der Waals surface area contributed by atoms with Gasteiger partial charge in [-0.1, -0.05) is 33.1 Å². The molecule has 0 saturated carbocycles. The molecule has 37 heavy (non-hydrogen) atoms. The molecule has 0 aliphatic carbocycles. The average molecular weight is 539 g/mol. The van der Waals surface area contributed by atoms with Crippen LogP contribution in [-0.4, -0.2) is 81.4 Å². The molecule has 2 atom stereocenters. The van der Waals surface area contributed by atoms with E-state index in [0.29, 0.717) is 23.8 Å². The van der Waals surface area contributed by atoms with E-state index in [0.717, 1.165) is 38.8 Å². The van der Waals surface area contributed by atoms with Gasteiger partial charge in [-0.25, -0.2) is 8.42 Å². The van der Waals surface area contributed by atoms with Gasteiger partial charge in [-0.2, -0.15) is 4.31 Å². The van der Waals surface area contributed by atoms with Crippen LogP contribution < -0.4 is 4.74 Å². The lowest BCUT2D eigenvalue weighted by Gasteiger charge is -2.33. The lowest BCUT2D eigenvalue weighted by atomic mass is 9.90. The number of rotatable bonds is 11. The number of allylic oxidation sites excluding steroid dienone is 1. The average Bonchev–Trinajstić information content (AvgIpc) is 2.87. The monoisotopic (exact) mass is 538 g/mol. The largest absolute Gasteiger partial charge is 0.497 e.